The Morgan fingerprint density at radius 1 is 0.896 bits per heavy atom. The number of anilines is 1. The summed E-state index contributed by atoms with van der Waals surface area (Å²) in [5.74, 6) is 0.633. The van der Waals surface area contributed by atoms with Crippen molar-refractivity contribution in [3.05, 3.63) is 76.6 Å². The number of aromatic nitrogens is 5. The van der Waals surface area contributed by atoms with Crippen LogP contribution in [0.1, 0.15) is 40.9 Å². The summed E-state index contributed by atoms with van der Waals surface area (Å²) in [6.45, 7) is 6.30. The number of hydrogen-bond acceptors (Lipinski definition) is 9. The first-order valence-electron chi connectivity index (χ1n) is 15.3. The third kappa shape index (κ3) is 7.36. The second kappa shape index (κ2) is 13.4. The van der Waals surface area contributed by atoms with Crippen molar-refractivity contribution in [2.75, 3.05) is 31.3 Å². The average molecular weight is 694 g/mol. The number of nitrogens with one attached hydrogen (secondary N) is 1. The number of amides is 1. The van der Waals surface area contributed by atoms with E-state index in [-0.39, 0.29) is 30.1 Å². The molecule has 3 aromatic carbocycles. The van der Waals surface area contributed by atoms with E-state index in [1.165, 1.54) is 17.0 Å². The van der Waals surface area contributed by atoms with Gasteiger partial charge in [0.15, 0.2) is 25.5 Å². The van der Waals surface area contributed by atoms with Gasteiger partial charge in [-0.2, -0.15) is 4.68 Å². The van der Waals surface area contributed by atoms with Crippen molar-refractivity contribution in [2.24, 2.45) is 0 Å². The summed E-state index contributed by atoms with van der Waals surface area (Å²) >= 11 is 0. The van der Waals surface area contributed by atoms with Crippen LogP contribution in [0.25, 0.3) is 27.8 Å². The van der Waals surface area contributed by atoms with Crippen molar-refractivity contribution in [3.63, 3.8) is 0 Å². The van der Waals surface area contributed by atoms with E-state index in [1.54, 1.807) is 4.68 Å². The molecule has 0 aliphatic heterocycles. The molecular weight excluding hydrogens is 655 g/mol. The van der Waals surface area contributed by atoms with Crippen molar-refractivity contribution in [1.29, 1.82) is 0 Å². The predicted molar refractivity (Wildman–Crippen MR) is 184 cm³/mol. The van der Waals surface area contributed by atoms with Gasteiger partial charge in [0.2, 0.25) is 0 Å². The highest BCUT2D eigenvalue weighted by molar-refractivity contribution is 7.94. The van der Waals surface area contributed by atoms with Gasteiger partial charge in [0, 0.05) is 42.2 Å². The second-order valence-electron chi connectivity index (χ2n) is 12.2. The molecule has 0 radical (unpaired) electrons. The van der Waals surface area contributed by atoms with Gasteiger partial charge in [-0.25, -0.2) is 21.6 Å². The van der Waals surface area contributed by atoms with Crippen LogP contribution in [0.2, 0.25) is 0 Å². The van der Waals surface area contributed by atoms with E-state index < -0.39 is 30.7 Å². The maximum atomic E-state index is 12.6. The Bertz CT molecular complexity index is 2220. The molecule has 48 heavy (non-hydrogen) atoms. The van der Waals surface area contributed by atoms with Gasteiger partial charge >= 0.3 is 6.09 Å². The lowest BCUT2D eigenvalue weighted by molar-refractivity contribution is 0.145. The molecule has 5 rings (SSSR count). The van der Waals surface area contributed by atoms with Gasteiger partial charge in [-0.15, -0.1) is 5.10 Å². The number of aryl methyl sites for hydroxylation is 4. The monoisotopic (exact) mass is 693 g/mol. The molecule has 15 heteroatoms. The molecule has 2 heterocycles. The summed E-state index contributed by atoms with van der Waals surface area (Å²) in [5, 5.41) is 22.9. The minimum absolute atomic E-state index is 0.128. The first-order valence-corrected chi connectivity index (χ1v) is 19.1. The number of benzene rings is 3. The molecule has 1 amide bonds. The summed E-state index contributed by atoms with van der Waals surface area (Å²) in [7, 11) is -7.84. The fourth-order valence-electron chi connectivity index (χ4n) is 6.24. The molecule has 0 unspecified atom stereocenters. The molecule has 13 nitrogen and oxygen atoms in total. The van der Waals surface area contributed by atoms with Crippen LogP contribution in [0, 0.1) is 20.8 Å². The molecule has 0 aliphatic carbocycles. The maximum Gasteiger partial charge on any atom is 0.407 e. The molecule has 0 atom stereocenters. The molecule has 0 spiro atoms. The number of fused-ring (bicyclic) bond motifs is 1. The van der Waals surface area contributed by atoms with Crippen molar-refractivity contribution >= 4 is 42.4 Å². The third-order valence-corrected chi connectivity index (χ3v) is 10.8. The van der Waals surface area contributed by atoms with Gasteiger partial charge in [-0.1, -0.05) is 23.3 Å². The van der Waals surface area contributed by atoms with Gasteiger partial charge in [0.25, 0.3) is 0 Å². The number of tetrazole rings is 1. The summed E-state index contributed by atoms with van der Waals surface area (Å²) in [6, 6.07) is 15.1. The smallest absolute Gasteiger partial charge is 0.407 e. The van der Waals surface area contributed by atoms with Crippen molar-refractivity contribution in [1.82, 2.24) is 30.1 Å². The topological polar surface area (TPSA) is 194 Å². The summed E-state index contributed by atoms with van der Waals surface area (Å²) < 4.78 is 51.8. The molecule has 2 aromatic heterocycles. The van der Waals surface area contributed by atoms with Gasteiger partial charge in [0.1, 0.15) is 4.90 Å². The van der Waals surface area contributed by atoms with Crippen LogP contribution in [0.15, 0.2) is 58.3 Å². The van der Waals surface area contributed by atoms with Crippen LogP contribution in [-0.4, -0.2) is 83.7 Å². The highest BCUT2D eigenvalue weighted by Gasteiger charge is 2.27. The van der Waals surface area contributed by atoms with Crippen molar-refractivity contribution in [2.45, 2.75) is 56.2 Å². The fourth-order valence-corrected chi connectivity index (χ4v) is 9.21. The standard InChI is InChI=1S/C33H39N7O6S2/c1-20-16-21(2)18-24(17-20)30-26(27-19-25(10-12-29(27)35-30)40-22(3)36-37-38-40)13-15-39(33(41)42)14-7-6-8-23-9-11-28(34)32(48(5,45)46)31(23)47(4,43)44/h9-12,16-19,35H,6-8,13-15,34H2,1-5H3,(H,41,42). The van der Waals surface area contributed by atoms with Crippen LogP contribution in [-0.2, 0) is 32.5 Å². The SMILES string of the molecule is Cc1cc(C)cc(-c2[nH]c3ccc(-n4nnnc4C)cc3c2CCN(CCCCc2ccc(N)c(S(C)(=O)=O)c2S(C)(=O)=O)C(=O)O)c1. The number of carboxylic acid groups (broad SMARTS) is 1. The first kappa shape index (κ1) is 34.6. The zero-order valence-electron chi connectivity index (χ0n) is 27.5. The van der Waals surface area contributed by atoms with Crippen molar-refractivity contribution < 1.29 is 26.7 Å². The summed E-state index contributed by atoms with van der Waals surface area (Å²) in [5.41, 5.74) is 12.8. The maximum absolute atomic E-state index is 12.6. The zero-order valence-corrected chi connectivity index (χ0v) is 29.1. The minimum atomic E-state index is -3.92. The predicted octanol–water partition coefficient (Wildman–Crippen LogP) is 4.67. The van der Waals surface area contributed by atoms with E-state index in [0.29, 0.717) is 30.7 Å². The summed E-state index contributed by atoms with van der Waals surface area (Å²) in [4.78, 5) is 16.6. The molecule has 0 bridgehead atoms. The van der Waals surface area contributed by atoms with Crippen LogP contribution in [0.3, 0.4) is 0 Å². The van der Waals surface area contributed by atoms with Crippen LogP contribution < -0.4 is 5.73 Å². The number of nitrogens with two attached hydrogens (primary N) is 1. The number of aromatic amines is 1. The average Bonchev–Trinajstić information content (AvgIpc) is 3.58. The largest absolute Gasteiger partial charge is 0.465 e. The van der Waals surface area contributed by atoms with Crippen molar-refractivity contribution in [3.8, 4) is 16.9 Å². The second-order valence-corrected chi connectivity index (χ2v) is 16.1. The van der Waals surface area contributed by atoms with Crippen LogP contribution >= 0.6 is 0 Å². The number of sulfone groups is 2. The van der Waals surface area contributed by atoms with Crippen LogP contribution in [0.5, 0.6) is 0 Å². The minimum Gasteiger partial charge on any atom is -0.465 e. The highest BCUT2D eigenvalue weighted by atomic mass is 32.2. The Hall–Kier alpha value is -4.76. The third-order valence-electron chi connectivity index (χ3n) is 8.26. The Kier molecular flexibility index (Phi) is 9.65. The lowest BCUT2D eigenvalue weighted by Gasteiger charge is -2.20. The molecule has 4 N–H and O–H groups in total. The number of H-pyrrole nitrogens is 1. The molecule has 0 saturated carbocycles. The van der Waals surface area contributed by atoms with Gasteiger partial charge in [-0.05, 0) is 110 Å². The number of unbranched alkanes of at least 4 members (excludes halogenated alkanes) is 1. The lowest BCUT2D eigenvalue weighted by Crippen LogP contribution is -2.32. The van der Waals surface area contributed by atoms with E-state index in [1.807, 2.05) is 39.0 Å². The van der Waals surface area contributed by atoms with E-state index in [4.69, 9.17) is 5.73 Å². The van der Waals surface area contributed by atoms with E-state index >= 15 is 0 Å². The lowest BCUT2D eigenvalue weighted by atomic mass is 9.99. The number of rotatable bonds is 12. The molecule has 254 valence electrons. The highest BCUT2D eigenvalue weighted by Crippen LogP contribution is 2.34. The fraction of sp³-hybridized carbons (Fsp3) is 0.333. The number of carbonyl (C=O) groups is 1. The molecule has 5 aromatic rings. The molecular formula is C33H39N7O6S2. The quantitative estimate of drug-likeness (QED) is 0.122. The normalized spacial score (nSPS) is 12.1. The Morgan fingerprint density at radius 3 is 2.19 bits per heavy atom. The molecule has 0 fully saturated rings. The number of nitrogen functional groups attached to an aromatic ring is 1. The number of hydrogen-bond donors (Lipinski definition) is 3. The zero-order chi connectivity index (χ0) is 35.0. The van der Waals surface area contributed by atoms with Gasteiger partial charge in [-0.3, -0.25) is 0 Å². The number of nitrogens with zero attached hydrogens (tertiary/aromatic N) is 5. The molecule has 0 saturated heterocycles. The van der Waals surface area contributed by atoms with Gasteiger partial charge in [0.05, 0.1) is 16.3 Å². The van der Waals surface area contributed by atoms with Gasteiger partial charge < -0.3 is 20.7 Å². The van der Waals surface area contributed by atoms with E-state index in [0.717, 1.165) is 57.0 Å². The summed E-state index contributed by atoms with van der Waals surface area (Å²) in [6.07, 6.45) is 2.31. The Labute approximate surface area is 279 Å². The Balaban J connectivity index is 1.40. The van der Waals surface area contributed by atoms with E-state index in [2.05, 4.69) is 38.7 Å². The van der Waals surface area contributed by atoms with Crippen LogP contribution in [0.4, 0.5) is 10.5 Å². The van der Waals surface area contributed by atoms with E-state index in [9.17, 15) is 26.7 Å². The first-order chi connectivity index (χ1) is 22.5. The Morgan fingerprint density at radius 2 is 1.58 bits per heavy atom. The molecule has 0 aliphatic rings.